The third-order valence-corrected chi connectivity index (χ3v) is 8.72. The summed E-state index contributed by atoms with van der Waals surface area (Å²) in [5, 5.41) is 19.0. The van der Waals surface area contributed by atoms with Gasteiger partial charge in [0.25, 0.3) is 5.09 Å². The van der Waals surface area contributed by atoms with Crippen LogP contribution >= 0.6 is 0 Å². The van der Waals surface area contributed by atoms with Crippen molar-refractivity contribution >= 4 is 34.7 Å². The molecule has 0 saturated carbocycles. The third kappa shape index (κ3) is 12.0. The minimum absolute atomic E-state index is 0.00634. The fourth-order valence-corrected chi connectivity index (χ4v) is 6.17. The minimum atomic E-state index is -1.19. The van der Waals surface area contributed by atoms with E-state index in [0.29, 0.717) is 25.2 Å². The van der Waals surface area contributed by atoms with E-state index in [1.165, 1.54) is 0 Å². The van der Waals surface area contributed by atoms with Gasteiger partial charge in [-0.05, 0) is 48.9 Å². The van der Waals surface area contributed by atoms with Crippen molar-refractivity contribution in [1.82, 2.24) is 30.4 Å². The Bertz CT molecular complexity index is 1620. The van der Waals surface area contributed by atoms with Gasteiger partial charge in [0, 0.05) is 68.4 Å². The Morgan fingerprint density at radius 1 is 0.882 bits per heavy atom. The summed E-state index contributed by atoms with van der Waals surface area (Å²) in [6, 6.07) is 9.34. The second kappa shape index (κ2) is 19.3. The van der Waals surface area contributed by atoms with Gasteiger partial charge in [-0.2, -0.15) is 0 Å². The Balaban J connectivity index is 1.58. The van der Waals surface area contributed by atoms with Crippen molar-refractivity contribution < 1.29 is 33.8 Å². The van der Waals surface area contributed by atoms with Crippen molar-refractivity contribution in [3.63, 3.8) is 0 Å². The van der Waals surface area contributed by atoms with Crippen LogP contribution in [0.3, 0.4) is 0 Å². The largest absolute Gasteiger partial charge is 0.464 e. The van der Waals surface area contributed by atoms with Gasteiger partial charge in [0.1, 0.15) is 18.1 Å². The predicted octanol–water partition coefficient (Wildman–Crippen LogP) is 3.47. The Kier molecular flexibility index (Phi) is 14.6. The number of nitrogens with zero attached hydrogens (tertiary/aromatic N) is 4. The van der Waals surface area contributed by atoms with Gasteiger partial charge < -0.3 is 35.0 Å². The van der Waals surface area contributed by atoms with Crippen LogP contribution in [0.1, 0.15) is 63.6 Å². The Morgan fingerprint density at radius 2 is 1.57 bits per heavy atom. The molecule has 1 fully saturated rings. The summed E-state index contributed by atoms with van der Waals surface area (Å²) in [5.41, 5.74) is 2.26. The molecule has 15 heteroatoms. The SMILES string of the molecule is CC(C)CC(NC(=O)N1CCCCCC1)C(=O)NC(Cc1cn(C)c2ccccc12)C(=O)N[C@H](Cc1ccccn1)C(=O)OCCCO[N+](=O)[O-]. The molecule has 3 N–H and O–H groups in total. The number of aryl methyl sites for hydroxylation is 1. The quantitative estimate of drug-likeness (QED) is 0.0817. The summed E-state index contributed by atoms with van der Waals surface area (Å²) < 4.78 is 7.30. The highest BCUT2D eigenvalue weighted by Crippen LogP contribution is 2.22. The summed E-state index contributed by atoms with van der Waals surface area (Å²) in [5.74, 6) is -1.86. The number of aromatic nitrogens is 2. The first-order chi connectivity index (χ1) is 24.5. The molecular weight excluding hydrogens is 658 g/mol. The lowest BCUT2D eigenvalue weighted by Gasteiger charge is -2.28. The Morgan fingerprint density at radius 3 is 2.25 bits per heavy atom. The number of amides is 4. The molecule has 276 valence electrons. The summed E-state index contributed by atoms with van der Waals surface area (Å²) in [4.78, 5) is 75.6. The van der Waals surface area contributed by atoms with Crippen LogP contribution in [-0.2, 0) is 43.8 Å². The number of urea groups is 1. The molecule has 1 aliphatic heterocycles. The molecule has 0 spiro atoms. The topological polar surface area (TPSA) is 187 Å². The van der Waals surface area contributed by atoms with Gasteiger partial charge in [-0.15, -0.1) is 10.1 Å². The molecule has 0 bridgehead atoms. The first-order valence-corrected chi connectivity index (χ1v) is 17.5. The maximum atomic E-state index is 14.2. The number of carbonyl (C=O) groups is 4. The van der Waals surface area contributed by atoms with Crippen LogP contribution in [0.15, 0.2) is 54.9 Å². The van der Waals surface area contributed by atoms with Crippen LogP contribution in [0.25, 0.3) is 10.9 Å². The molecular formula is C36H49N7O8. The number of hydrogen-bond acceptors (Lipinski definition) is 9. The van der Waals surface area contributed by atoms with Crippen LogP contribution in [-0.4, -0.2) is 87.8 Å². The van der Waals surface area contributed by atoms with Gasteiger partial charge in [-0.25, -0.2) is 9.59 Å². The van der Waals surface area contributed by atoms with Gasteiger partial charge in [0.2, 0.25) is 11.8 Å². The number of pyridine rings is 1. The lowest BCUT2D eigenvalue weighted by atomic mass is 10.0. The monoisotopic (exact) mass is 707 g/mol. The summed E-state index contributed by atoms with van der Waals surface area (Å²) in [7, 11) is 1.89. The van der Waals surface area contributed by atoms with Crippen molar-refractivity contribution in [2.24, 2.45) is 13.0 Å². The highest BCUT2D eigenvalue weighted by Gasteiger charge is 2.32. The predicted molar refractivity (Wildman–Crippen MR) is 189 cm³/mol. The van der Waals surface area contributed by atoms with E-state index in [0.717, 1.165) is 42.1 Å². The molecule has 15 nitrogen and oxygen atoms in total. The summed E-state index contributed by atoms with van der Waals surface area (Å²) >= 11 is 0. The molecule has 1 saturated heterocycles. The average molecular weight is 708 g/mol. The Labute approximate surface area is 297 Å². The van der Waals surface area contributed by atoms with E-state index in [1.54, 1.807) is 29.3 Å². The van der Waals surface area contributed by atoms with Crippen molar-refractivity contribution in [2.75, 3.05) is 26.3 Å². The second-order valence-electron chi connectivity index (χ2n) is 13.2. The molecule has 1 aromatic carbocycles. The molecule has 3 atom stereocenters. The third-order valence-electron chi connectivity index (χ3n) is 8.72. The fourth-order valence-electron chi connectivity index (χ4n) is 6.17. The first-order valence-electron chi connectivity index (χ1n) is 17.5. The van der Waals surface area contributed by atoms with Crippen molar-refractivity contribution in [2.45, 2.75) is 83.3 Å². The minimum Gasteiger partial charge on any atom is -0.464 e. The van der Waals surface area contributed by atoms with E-state index in [2.05, 4.69) is 25.8 Å². The van der Waals surface area contributed by atoms with E-state index in [4.69, 9.17) is 4.74 Å². The zero-order valence-electron chi connectivity index (χ0n) is 29.5. The maximum absolute atomic E-state index is 14.2. The standard InChI is InChI=1S/C36H49N7O8/c1-25(2)21-29(40-36(47)42-17-10-4-5-11-18-42)33(44)38-30(22-26-24-41(3)32-15-7-6-14-28(26)32)34(45)39-31(23-27-13-8-9-16-37-27)35(46)50-19-12-20-51-43(48)49/h6-9,13-16,24-25,29-31H,4-5,10-12,17-23H2,1-3H3,(H,38,44)(H,39,45)(H,40,47)/t29?,30?,31-/m1/s1. The lowest BCUT2D eigenvalue weighted by Crippen LogP contribution is -2.58. The smallest absolute Gasteiger partial charge is 0.329 e. The van der Waals surface area contributed by atoms with Gasteiger partial charge in [0.05, 0.1) is 13.2 Å². The molecule has 3 heterocycles. The van der Waals surface area contributed by atoms with Gasteiger partial charge in [-0.1, -0.05) is 51.0 Å². The van der Waals surface area contributed by atoms with Crippen LogP contribution < -0.4 is 16.0 Å². The van der Waals surface area contributed by atoms with Crippen LogP contribution in [0.2, 0.25) is 0 Å². The highest BCUT2D eigenvalue weighted by atomic mass is 16.9. The molecule has 51 heavy (non-hydrogen) atoms. The molecule has 4 amide bonds. The molecule has 3 aromatic rings. The number of carbonyl (C=O) groups excluding carboxylic acids is 4. The van der Waals surface area contributed by atoms with E-state index < -0.39 is 41.0 Å². The molecule has 0 aliphatic carbocycles. The normalized spacial score (nSPS) is 14.9. The summed E-state index contributed by atoms with van der Waals surface area (Å²) in [6.07, 6.45) is 7.87. The highest BCUT2D eigenvalue weighted by molar-refractivity contribution is 5.94. The molecule has 0 radical (unpaired) electrons. The van der Waals surface area contributed by atoms with Crippen molar-refractivity contribution in [1.29, 1.82) is 0 Å². The second-order valence-corrected chi connectivity index (χ2v) is 13.2. The van der Waals surface area contributed by atoms with E-state index >= 15 is 0 Å². The molecule has 2 unspecified atom stereocenters. The fraction of sp³-hybridized carbons (Fsp3) is 0.528. The number of rotatable bonds is 17. The van der Waals surface area contributed by atoms with E-state index in [9.17, 15) is 29.3 Å². The number of ether oxygens (including phenoxy) is 1. The van der Waals surface area contributed by atoms with Crippen molar-refractivity contribution in [3.8, 4) is 0 Å². The van der Waals surface area contributed by atoms with E-state index in [-0.39, 0.29) is 44.4 Å². The average Bonchev–Trinajstić information content (AvgIpc) is 3.24. The first kappa shape index (κ1) is 38.6. The van der Waals surface area contributed by atoms with Gasteiger partial charge in [0.15, 0.2) is 0 Å². The number of esters is 1. The molecule has 4 rings (SSSR count). The Hall–Kier alpha value is -5.21. The maximum Gasteiger partial charge on any atom is 0.329 e. The zero-order chi connectivity index (χ0) is 36.8. The number of fused-ring (bicyclic) bond motifs is 1. The number of para-hydroxylation sites is 1. The van der Waals surface area contributed by atoms with Crippen LogP contribution in [0.4, 0.5) is 4.79 Å². The molecule has 1 aliphatic rings. The number of hydrogen-bond donors (Lipinski definition) is 3. The van der Waals surface area contributed by atoms with E-state index in [1.807, 2.05) is 55.9 Å². The number of nitrogens with one attached hydrogen (secondary N) is 3. The zero-order valence-corrected chi connectivity index (χ0v) is 29.5. The van der Waals surface area contributed by atoms with Crippen LogP contribution in [0.5, 0.6) is 0 Å². The van der Waals surface area contributed by atoms with Crippen LogP contribution in [0, 0.1) is 16.0 Å². The number of likely N-dealkylation sites (tertiary alicyclic amines) is 1. The van der Waals surface area contributed by atoms with Gasteiger partial charge >= 0.3 is 12.0 Å². The number of benzene rings is 1. The molecule has 2 aromatic heterocycles. The summed E-state index contributed by atoms with van der Waals surface area (Å²) in [6.45, 7) is 4.70. The van der Waals surface area contributed by atoms with Crippen molar-refractivity contribution in [3.05, 3.63) is 76.2 Å². The van der Waals surface area contributed by atoms with Gasteiger partial charge in [-0.3, -0.25) is 14.6 Å². The lowest BCUT2D eigenvalue weighted by molar-refractivity contribution is -0.757.